The van der Waals surface area contributed by atoms with Gasteiger partial charge in [0.2, 0.25) is 0 Å². The number of carbonyl (C=O) groups is 1. The predicted molar refractivity (Wildman–Crippen MR) is 197 cm³/mol. The molecule has 0 radical (unpaired) electrons. The zero-order valence-electron chi connectivity index (χ0n) is 28.5. The Kier molecular flexibility index (Phi) is 11.2. The van der Waals surface area contributed by atoms with Crippen molar-refractivity contribution in [2.45, 2.75) is 17.8 Å². The highest BCUT2D eigenvalue weighted by Gasteiger charge is 2.49. The molecule has 6 rings (SSSR count). The number of aromatic nitrogens is 2. The lowest BCUT2D eigenvalue weighted by Gasteiger charge is -2.52. The SMILES string of the molecule is COc1ccc(C(c2ccccc2)(c2ccccc2)N2C[C@@H](COP(=O)(Cl)N(C)C)OCC2n2ccc(NC(=O)c3ccccc3)nc2=O)cc1. The van der Waals surface area contributed by atoms with Gasteiger partial charge < -0.3 is 19.3 Å². The summed E-state index contributed by atoms with van der Waals surface area (Å²) in [5.41, 5.74) is 1.60. The van der Waals surface area contributed by atoms with Crippen molar-refractivity contribution in [1.29, 1.82) is 0 Å². The topological polar surface area (TPSA) is 115 Å². The molecule has 0 aliphatic carbocycles. The molecule has 1 saturated heterocycles. The van der Waals surface area contributed by atoms with Crippen LogP contribution in [-0.2, 0) is 19.4 Å². The van der Waals surface area contributed by atoms with Gasteiger partial charge >= 0.3 is 12.6 Å². The maximum absolute atomic E-state index is 14.0. The van der Waals surface area contributed by atoms with Gasteiger partial charge in [-0.1, -0.05) is 91.0 Å². The zero-order chi connectivity index (χ0) is 36.0. The maximum Gasteiger partial charge on any atom is 0.362 e. The molecule has 2 unspecified atom stereocenters. The normalized spacial score (nSPS) is 17.8. The second-order valence-electron chi connectivity index (χ2n) is 12.2. The molecule has 4 aromatic carbocycles. The van der Waals surface area contributed by atoms with E-state index in [0.717, 1.165) is 16.7 Å². The smallest absolute Gasteiger partial charge is 0.362 e. The van der Waals surface area contributed by atoms with Crippen LogP contribution in [0.1, 0.15) is 33.2 Å². The molecule has 0 bridgehead atoms. The molecule has 51 heavy (non-hydrogen) atoms. The van der Waals surface area contributed by atoms with Crippen molar-refractivity contribution in [1.82, 2.24) is 19.1 Å². The van der Waals surface area contributed by atoms with Crippen LogP contribution in [0.4, 0.5) is 5.82 Å². The summed E-state index contributed by atoms with van der Waals surface area (Å²) in [7, 11) is 4.79. The van der Waals surface area contributed by atoms with Gasteiger partial charge in [0.25, 0.3) is 5.91 Å². The second kappa shape index (κ2) is 15.7. The lowest BCUT2D eigenvalue weighted by Crippen LogP contribution is -2.59. The minimum Gasteiger partial charge on any atom is -0.497 e. The number of nitrogens with one attached hydrogen (secondary N) is 1. The Hall–Kier alpha value is -4.61. The minimum absolute atomic E-state index is 0.0391. The number of halogens is 1. The molecule has 1 fully saturated rings. The molecule has 1 aliphatic rings. The number of benzene rings is 4. The molecule has 11 nitrogen and oxygen atoms in total. The fraction of sp³-hybridized carbons (Fsp3) is 0.237. The lowest BCUT2D eigenvalue weighted by atomic mass is 9.74. The fourth-order valence-electron chi connectivity index (χ4n) is 6.36. The first-order valence-electron chi connectivity index (χ1n) is 16.3. The molecule has 2 heterocycles. The van der Waals surface area contributed by atoms with E-state index >= 15 is 0 Å². The molecular formula is C38H39ClN5O6P. The Labute approximate surface area is 301 Å². The molecule has 1 N–H and O–H groups in total. The molecular weight excluding hydrogens is 689 g/mol. The van der Waals surface area contributed by atoms with Crippen molar-refractivity contribution < 1.29 is 23.4 Å². The van der Waals surface area contributed by atoms with Crippen LogP contribution in [0, 0.1) is 0 Å². The highest BCUT2D eigenvalue weighted by Crippen LogP contribution is 2.54. The van der Waals surface area contributed by atoms with Gasteiger partial charge in [0.1, 0.15) is 17.7 Å². The van der Waals surface area contributed by atoms with Crippen molar-refractivity contribution in [3.05, 3.63) is 160 Å². The summed E-state index contributed by atoms with van der Waals surface area (Å²) in [5, 5.41) is 2.73. The first kappa shape index (κ1) is 36.2. The van der Waals surface area contributed by atoms with Crippen LogP contribution in [0.2, 0.25) is 0 Å². The summed E-state index contributed by atoms with van der Waals surface area (Å²) >= 11 is 6.26. The van der Waals surface area contributed by atoms with Crippen molar-refractivity contribution in [3.8, 4) is 5.75 Å². The summed E-state index contributed by atoms with van der Waals surface area (Å²) in [4.78, 5) is 33.3. The van der Waals surface area contributed by atoms with Gasteiger partial charge in [-0.25, -0.2) is 9.46 Å². The Morgan fingerprint density at radius 3 is 2.04 bits per heavy atom. The van der Waals surface area contributed by atoms with Crippen molar-refractivity contribution >= 4 is 29.8 Å². The van der Waals surface area contributed by atoms with E-state index in [2.05, 4.69) is 39.5 Å². The van der Waals surface area contributed by atoms with E-state index in [9.17, 15) is 14.2 Å². The molecule has 1 aromatic heterocycles. The Morgan fingerprint density at radius 1 is 0.922 bits per heavy atom. The number of nitrogens with zero attached hydrogens (tertiary/aromatic N) is 4. The molecule has 264 valence electrons. The molecule has 1 aliphatic heterocycles. The third-order valence-electron chi connectivity index (χ3n) is 8.89. The van der Waals surface area contributed by atoms with E-state index in [4.69, 9.17) is 25.2 Å². The Bertz CT molecular complexity index is 1990. The number of ether oxygens (including phenoxy) is 2. The van der Waals surface area contributed by atoms with Gasteiger partial charge in [-0.2, -0.15) is 4.98 Å². The van der Waals surface area contributed by atoms with E-state index in [0.29, 0.717) is 11.3 Å². The first-order valence-corrected chi connectivity index (χ1v) is 18.8. The number of anilines is 1. The largest absolute Gasteiger partial charge is 0.497 e. The van der Waals surface area contributed by atoms with E-state index < -0.39 is 30.4 Å². The van der Waals surface area contributed by atoms with E-state index in [1.54, 1.807) is 57.7 Å². The third-order valence-corrected chi connectivity index (χ3v) is 11.5. The number of hydrogen-bond acceptors (Lipinski definition) is 8. The van der Waals surface area contributed by atoms with Gasteiger partial charge in [-0.15, -0.1) is 0 Å². The predicted octanol–water partition coefficient (Wildman–Crippen LogP) is 6.62. The van der Waals surface area contributed by atoms with Gasteiger partial charge in [0, 0.05) is 18.3 Å². The van der Waals surface area contributed by atoms with Gasteiger partial charge in [-0.3, -0.25) is 18.8 Å². The van der Waals surface area contributed by atoms with Crippen LogP contribution in [0.15, 0.2) is 132 Å². The van der Waals surface area contributed by atoms with Gasteiger partial charge in [-0.05, 0) is 72.4 Å². The first-order chi connectivity index (χ1) is 24.6. The maximum atomic E-state index is 14.0. The van der Waals surface area contributed by atoms with Gasteiger partial charge in [0.05, 0.1) is 32.0 Å². The van der Waals surface area contributed by atoms with Crippen LogP contribution in [0.25, 0.3) is 0 Å². The second-order valence-corrected chi connectivity index (χ2v) is 15.4. The zero-order valence-corrected chi connectivity index (χ0v) is 30.1. The van der Waals surface area contributed by atoms with Crippen LogP contribution in [0.3, 0.4) is 0 Å². The lowest BCUT2D eigenvalue weighted by molar-refractivity contribution is -0.126. The number of rotatable bonds is 12. The van der Waals surface area contributed by atoms with Gasteiger partial charge in [0.15, 0.2) is 0 Å². The van der Waals surface area contributed by atoms with Crippen LogP contribution in [0.5, 0.6) is 5.75 Å². The molecule has 1 amide bonds. The number of amides is 1. The summed E-state index contributed by atoms with van der Waals surface area (Å²) < 4.78 is 33.5. The number of hydrogen-bond donors (Lipinski definition) is 1. The summed E-state index contributed by atoms with van der Waals surface area (Å²) in [6, 6.07) is 38.2. The number of carbonyl (C=O) groups excluding carboxylic acids is 1. The highest BCUT2D eigenvalue weighted by molar-refractivity contribution is 7.83. The molecule has 0 spiro atoms. The van der Waals surface area contributed by atoms with Crippen LogP contribution in [-0.4, -0.2) is 72.1 Å². The number of morpholine rings is 1. The van der Waals surface area contributed by atoms with E-state index in [1.807, 2.05) is 66.7 Å². The molecule has 5 aromatic rings. The van der Waals surface area contributed by atoms with Crippen molar-refractivity contribution in [2.75, 3.05) is 46.3 Å². The number of methoxy groups -OCH3 is 1. The van der Waals surface area contributed by atoms with Crippen molar-refractivity contribution in [2.24, 2.45) is 0 Å². The standard InChI is InChI=1S/C38H39ClN5O6P/c1-42(2)51(39,47)50-26-33-25-44(35(27-49-33)43-24-23-34(41-37(43)46)40-36(45)28-13-7-4-8-14-28)38(29-15-9-5-10-16-29,30-17-11-6-12-18-30)31-19-21-32(48-3)22-20-31/h4-24,33,35H,25-27H2,1-3H3,(H,40,41,45,46)/t33-,35?,51?/m0/s1. The van der Waals surface area contributed by atoms with E-state index in [1.165, 1.54) is 9.24 Å². The summed E-state index contributed by atoms with van der Waals surface area (Å²) in [6.07, 6.45) is 0.312. The Morgan fingerprint density at radius 2 is 1.49 bits per heavy atom. The minimum atomic E-state index is -3.60. The summed E-state index contributed by atoms with van der Waals surface area (Å²) in [5.74, 6) is 0.425. The van der Waals surface area contributed by atoms with Crippen molar-refractivity contribution in [3.63, 3.8) is 0 Å². The average molecular weight is 728 g/mol. The monoisotopic (exact) mass is 727 g/mol. The van der Waals surface area contributed by atoms with Crippen LogP contribution >= 0.6 is 18.1 Å². The van der Waals surface area contributed by atoms with E-state index in [-0.39, 0.29) is 31.5 Å². The Balaban J connectivity index is 1.50. The fourth-order valence-corrected chi connectivity index (χ4v) is 7.11. The molecule has 13 heteroatoms. The molecule has 3 atom stereocenters. The third kappa shape index (κ3) is 7.69. The summed E-state index contributed by atoms with van der Waals surface area (Å²) in [6.45, 7) is -3.40. The highest BCUT2D eigenvalue weighted by atomic mass is 35.7. The van der Waals surface area contributed by atoms with Crippen LogP contribution < -0.4 is 15.7 Å². The quantitative estimate of drug-likeness (QED) is 0.112. The molecule has 0 saturated carbocycles. The average Bonchev–Trinajstić information content (AvgIpc) is 3.16.